The van der Waals surface area contributed by atoms with Crippen LogP contribution >= 0.6 is 23.2 Å². The number of carbonyl (C=O) groups is 1. The Labute approximate surface area is 212 Å². The van der Waals surface area contributed by atoms with Crippen LogP contribution in [0.3, 0.4) is 0 Å². The second-order valence-corrected chi connectivity index (χ2v) is 8.39. The maximum atomic E-state index is 13.7. The first-order valence-corrected chi connectivity index (χ1v) is 11.1. The van der Waals surface area contributed by atoms with Crippen molar-refractivity contribution in [2.45, 2.75) is 13.1 Å². The topological polar surface area (TPSA) is 77.8 Å². The fourth-order valence-electron chi connectivity index (χ4n) is 3.18. The van der Waals surface area contributed by atoms with Crippen LogP contribution in [0.2, 0.25) is 10.0 Å². The quantitative estimate of drug-likeness (QED) is 0.280. The molecule has 0 aliphatic carbocycles. The Balaban J connectivity index is 1.60. The molecule has 1 N–H and O–H groups in total. The van der Waals surface area contributed by atoms with Crippen molar-refractivity contribution in [3.05, 3.63) is 92.3 Å². The second-order valence-electron chi connectivity index (χ2n) is 7.58. The molecule has 0 bridgehead atoms. The molecule has 186 valence electrons. The van der Waals surface area contributed by atoms with Crippen molar-refractivity contribution >= 4 is 45.8 Å². The van der Waals surface area contributed by atoms with E-state index in [1.807, 2.05) is 6.92 Å². The van der Waals surface area contributed by atoms with E-state index >= 15 is 0 Å². The number of fused-ring (bicyclic) bond motifs is 1. The van der Waals surface area contributed by atoms with Gasteiger partial charge >= 0.3 is 6.18 Å². The van der Waals surface area contributed by atoms with Gasteiger partial charge in [0.25, 0.3) is 11.7 Å². The minimum atomic E-state index is -5.05. The molecule has 4 rings (SSSR count). The Morgan fingerprint density at radius 2 is 1.78 bits per heavy atom. The lowest BCUT2D eigenvalue weighted by molar-refractivity contribution is -0.154. The average molecular weight is 538 g/mol. The van der Waals surface area contributed by atoms with Crippen molar-refractivity contribution in [3.8, 4) is 17.2 Å². The van der Waals surface area contributed by atoms with E-state index in [-0.39, 0.29) is 21.9 Å². The van der Waals surface area contributed by atoms with Crippen LogP contribution in [0.5, 0.6) is 17.2 Å². The van der Waals surface area contributed by atoms with Crippen LogP contribution in [0, 0.1) is 6.92 Å². The summed E-state index contributed by atoms with van der Waals surface area (Å²) in [6.07, 6.45) is -5.05. The van der Waals surface area contributed by atoms with Crippen molar-refractivity contribution in [2.24, 2.45) is 0 Å². The third kappa shape index (κ3) is 5.58. The van der Waals surface area contributed by atoms with E-state index in [1.54, 1.807) is 24.3 Å². The van der Waals surface area contributed by atoms with Gasteiger partial charge in [-0.05, 0) is 48.9 Å². The molecule has 0 fully saturated rings. The summed E-state index contributed by atoms with van der Waals surface area (Å²) >= 11 is 12.0. The first-order valence-electron chi connectivity index (χ1n) is 10.3. The van der Waals surface area contributed by atoms with E-state index in [1.165, 1.54) is 30.3 Å². The molecule has 36 heavy (non-hydrogen) atoms. The highest BCUT2D eigenvalue weighted by Crippen LogP contribution is 2.39. The fraction of sp³-hybridized carbons (Fsp3) is 0.120. The van der Waals surface area contributed by atoms with E-state index in [0.29, 0.717) is 10.7 Å². The van der Waals surface area contributed by atoms with Crippen molar-refractivity contribution in [1.29, 1.82) is 0 Å². The number of rotatable bonds is 6. The maximum absolute atomic E-state index is 13.7. The van der Waals surface area contributed by atoms with Gasteiger partial charge in [0.05, 0.1) is 10.4 Å². The van der Waals surface area contributed by atoms with Crippen LogP contribution in [0.15, 0.2) is 69.9 Å². The summed E-state index contributed by atoms with van der Waals surface area (Å²) in [5, 5.41) is 2.89. The minimum Gasteiger partial charge on any atom is -0.484 e. The van der Waals surface area contributed by atoms with Crippen LogP contribution < -0.4 is 20.2 Å². The highest BCUT2D eigenvalue weighted by molar-refractivity contribution is 6.32. The lowest BCUT2D eigenvalue weighted by atomic mass is 10.2. The van der Waals surface area contributed by atoms with Gasteiger partial charge in [-0.25, -0.2) is 0 Å². The highest BCUT2D eigenvalue weighted by Gasteiger charge is 2.40. The van der Waals surface area contributed by atoms with Crippen LogP contribution in [-0.4, -0.2) is 12.5 Å². The van der Waals surface area contributed by atoms with Gasteiger partial charge in [0, 0.05) is 16.8 Å². The van der Waals surface area contributed by atoms with Crippen molar-refractivity contribution < 1.29 is 31.9 Å². The third-order valence-electron chi connectivity index (χ3n) is 4.95. The number of anilines is 1. The Morgan fingerprint density at radius 1 is 1.03 bits per heavy atom. The minimum absolute atomic E-state index is 0.00985. The molecule has 0 atom stereocenters. The molecule has 3 aromatic carbocycles. The van der Waals surface area contributed by atoms with E-state index in [9.17, 15) is 22.8 Å². The molecule has 0 unspecified atom stereocenters. The molecular formula is C25H16Cl2F3NO5. The Morgan fingerprint density at radius 3 is 2.47 bits per heavy atom. The molecule has 0 radical (unpaired) electrons. The van der Waals surface area contributed by atoms with E-state index < -0.39 is 41.2 Å². The molecule has 0 saturated heterocycles. The largest absolute Gasteiger partial charge is 0.484 e. The molecule has 1 heterocycles. The number of ether oxygens (including phenoxy) is 2. The second kappa shape index (κ2) is 10.1. The number of hydrogen-bond donors (Lipinski definition) is 1. The average Bonchev–Trinajstić information content (AvgIpc) is 2.82. The Hall–Kier alpha value is -3.69. The Kier molecular flexibility index (Phi) is 7.14. The van der Waals surface area contributed by atoms with Crippen LogP contribution in [0.4, 0.5) is 18.9 Å². The van der Waals surface area contributed by atoms with Crippen LogP contribution in [0.1, 0.15) is 11.3 Å². The van der Waals surface area contributed by atoms with Crippen molar-refractivity contribution in [1.82, 2.24) is 0 Å². The number of halogens is 5. The summed E-state index contributed by atoms with van der Waals surface area (Å²) in [6, 6.07) is 14.3. The van der Waals surface area contributed by atoms with Gasteiger partial charge < -0.3 is 19.2 Å². The zero-order chi connectivity index (χ0) is 26.0. The molecule has 0 saturated carbocycles. The van der Waals surface area contributed by atoms with Gasteiger partial charge in [-0.2, -0.15) is 13.2 Å². The summed E-state index contributed by atoms with van der Waals surface area (Å²) in [4.78, 5) is 25.1. The van der Waals surface area contributed by atoms with Gasteiger partial charge in [-0.3, -0.25) is 9.59 Å². The summed E-state index contributed by atoms with van der Waals surface area (Å²) in [7, 11) is 0. The summed E-state index contributed by atoms with van der Waals surface area (Å²) in [5.41, 5.74) is -0.169. The molecular weight excluding hydrogens is 522 g/mol. The molecule has 4 aromatic rings. The first kappa shape index (κ1) is 25.4. The van der Waals surface area contributed by atoms with Crippen LogP contribution in [-0.2, 0) is 11.0 Å². The molecule has 6 nitrogen and oxygen atoms in total. The SMILES string of the molecule is Cc1ccc(NC(=O)COc2ccc3c(=O)c(Oc4ccccc4Cl)c(C(F)(F)F)oc3c2)cc1Cl. The smallest absolute Gasteiger partial charge is 0.453 e. The third-order valence-corrected chi connectivity index (χ3v) is 5.67. The number of aryl methyl sites for hydroxylation is 1. The van der Waals surface area contributed by atoms with Gasteiger partial charge in [0.15, 0.2) is 6.61 Å². The lowest BCUT2D eigenvalue weighted by Gasteiger charge is -2.14. The van der Waals surface area contributed by atoms with Crippen molar-refractivity contribution in [2.75, 3.05) is 11.9 Å². The predicted octanol–water partition coefficient (Wildman–Crippen LogP) is 7.24. The molecule has 11 heteroatoms. The number of nitrogens with one attached hydrogen (secondary N) is 1. The summed E-state index contributed by atoms with van der Waals surface area (Å²) < 4.78 is 56.8. The maximum Gasteiger partial charge on any atom is 0.453 e. The zero-order valence-corrected chi connectivity index (χ0v) is 19.9. The number of alkyl halides is 3. The highest BCUT2D eigenvalue weighted by atomic mass is 35.5. The lowest BCUT2D eigenvalue weighted by Crippen LogP contribution is -2.20. The zero-order valence-electron chi connectivity index (χ0n) is 18.4. The number of para-hydroxylation sites is 1. The normalized spacial score (nSPS) is 11.4. The summed E-state index contributed by atoms with van der Waals surface area (Å²) in [5.74, 6) is -3.34. The van der Waals surface area contributed by atoms with E-state index in [2.05, 4.69) is 5.32 Å². The first-order chi connectivity index (χ1) is 17.0. The van der Waals surface area contributed by atoms with Gasteiger partial charge in [0.2, 0.25) is 11.2 Å². The molecule has 0 aliphatic rings. The molecule has 0 aliphatic heterocycles. The standard InChI is InChI=1S/C25H16Cl2F3NO5/c1-13-6-7-14(10-18(13)27)31-21(32)12-34-15-8-9-16-20(11-15)36-24(25(28,29)30)23(22(16)33)35-19-5-3-2-4-17(19)26/h2-11H,12H2,1H3,(H,31,32). The van der Waals surface area contributed by atoms with Gasteiger partial charge in [-0.1, -0.05) is 41.4 Å². The number of amides is 1. The number of hydrogen-bond acceptors (Lipinski definition) is 5. The monoisotopic (exact) mass is 537 g/mol. The molecule has 1 aromatic heterocycles. The predicted molar refractivity (Wildman–Crippen MR) is 129 cm³/mol. The number of benzene rings is 3. The van der Waals surface area contributed by atoms with Gasteiger partial charge in [0.1, 0.15) is 17.1 Å². The molecule has 1 amide bonds. The molecule has 0 spiro atoms. The van der Waals surface area contributed by atoms with E-state index in [4.69, 9.17) is 37.1 Å². The fourth-order valence-corrected chi connectivity index (χ4v) is 3.53. The van der Waals surface area contributed by atoms with Crippen LogP contribution in [0.25, 0.3) is 11.0 Å². The van der Waals surface area contributed by atoms with Crippen molar-refractivity contribution in [3.63, 3.8) is 0 Å². The number of carbonyl (C=O) groups excluding carboxylic acids is 1. The van der Waals surface area contributed by atoms with E-state index in [0.717, 1.165) is 11.6 Å². The summed E-state index contributed by atoms with van der Waals surface area (Å²) in [6.45, 7) is 1.35. The van der Waals surface area contributed by atoms with Gasteiger partial charge in [-0.15, -0.1) is 0 Å². The Bertz CT molecular complexity index is 1520.